The highest BCUT2D eigenvalue weighted by atomic mass is 79.9. The van der Waals surface area contributed by atoms with Crippen LogP contribution in [-0.4, -0.2) is 25.2 Å². The quantitative estimate of drug-likeness (QED) is 0.356. The molecule has 3 aromatic rings. The summed E-state index contributed by atoms with van der Waals surface area (Å²) in [5.41, 5.74) is 1.77. The van der Waals surface area contributed by atoms with E-state index in [1.165, 1.54) is 0 Å². The summed E-state index contributed by atoms with van der Waals surface area (Å²) in [7, 11) is 0. The summed E-state index contributed by atoms with van der Waals surface area (Å²) in [6.45, 7) is 1.50. The molecule has 0 radical (unpaired) electrons. The number of amides is 1. The normalized spacial score (nSPS) is 16.0. The Morgan fingerprint density at radius 1 is 1.19 bits per heavy atom. The third-order valence-electron chi connectivity index (χ3n) is 5.41. The lowest BCUT2D eigenvalue weighted by atomic mass is 10.0. The molecule has 0 aliphatic carbocycles. The first kappa shape index (κ1) is 22.1. The highest BCUT2D eigenvalue weighted by molar-refractivity contribution is 9.10. The van der Waals surface area contributed by atoms with Crippen LogP contribution in [0.4, 0.5) is 0 Å². The molecular weight excluding hydrogens is 468 g/mol. The van der Waals surface area contributed by atoms with Crippen molar-refractivity contribution in [2.75, 3.05) is 13.2 Å². The van der Waals surface area contributed by atoms with Crippen molar-refractivity contribution in [3.63, 3.8) is 0 Å². The minimum Gasteiger partial charge on any atom is -0.488 e. The zero-order chi connectivity index (χ0) is 22.3. The Hall–Kier alpha value is -3.14. The molecule has 1 aliphatic heterocycles. The molecule has 0 unspecified atom stereocenters. The van der Waals surface area contributed by atoms with E-state index >= 15 is 0 Å². The summed E-state index contributed by atoms with van der Waals surface area (Å²) in [5.74, 6) is 0.209. The lowest BCUT2D eigenvalue weighted by molar-refractivity contribution is -0.117. The number of nitrogens with zero attached hydrogens (tertiary/aromatic N) is 1. The van der Waals surface area contributed by atoms with E-state index in [-0.39, 0.29) is 11.7 Å². The first-order valence-corrected chi connectivity index (χ1v) is 11.3. The predicted molar refractivity (Wildman–Crippen MR) is 128 cm³/mol. The monoisotopic (exact) mass is 490 g/mol. The Bertz CT molecular complexity index is 1180. The molecule has 0 spiro atoms. The van der Waals surface area contributed by atoms with Crippen LogP contribution in [0.2, 0.25) is 0 Å². The van der Waals surface area contributed by atoms with Gasteiger partial charge in [-0.1, -0.05) is 58.4 Å². The molecule has 0 saturated carbocycles. The fourth-order valence-corrected chi connectivity index (χ4v) is 3.96. The summed E-state index contributed by atoms with van der Waals surface area (Å²) in [5, 5.41) is 14.4. The van der Waals surface area contributed by atoms with Crippen molar-refractivity contribution in [1.82, 2.24) is 5.32 Å². The molecule has 1 atom stereocenters. The number of nitrogens with one attached hydrogen (secondary N) is 1. The molecule has 0 aromatic heterocycles. The van der Waals surface area contributed by atoms with E-state index in [2.05, 4.69) is 21.2 Å². The fraction of sp³-hybridized carbons (Fsp3) is 0.231. The number of nitriles is 1. The van der Waals surface area contributed by atoms with Crippen LogP contribution in [0.1, 0.15) is 24.0 Å². The standard InChI is InChI=1S/C26H23BrN2O3/c27-21-10-7-18(8-11-21)17-32-25-12-9-19-4-1-2-6-23(19)24(25)14-20(15-28)26(30)29-16-22-5-3-13-31-22/h1-2,4,6-12,14,22H,3,5,13,16-17H2,(H,29,30)/b20-14+/t22-/m0/s1. The lowest BCUT2D eigenvalue weighted by Crippen LogP contribution is -2.32. The van der Waals surface area contributed by atoms with Gasteiger partial charge in [0, 0.05) is 23.2 Å². The van der Waals surface area contributed by atoms with Crippen molar-refractivity contribution in [3.8, 4) is 11.8 Å². The summed E-state index contributed by atoms with van der Waals surface area (Å²) in [6, 6.07) is 21.7. The Balaban J connectivity index is 1.62. The fourth-order valence-electron chi connectivity index (χ4n) is 3.69. The van der Waals surface area contributed by atoms with Gasteiger partial charge in [-0.25, -0.2) is 0 Å². The molecule has 1 heterocycles. The van der Waals surface area contributed by atoms with E-state index in [0.29, 0.717) is 24.5 Å². The van der Waals surface area contributed by atoms with Crippen LogP contribution in [0, 0.1) is 11.3 Å². The Morgan fingerprint density at radius 2 is 2.00 bits per heavy atom. The van der Waals surface area contributed by atoms with E-state index in [0.717, 1.165) is 40.3 Å². The van der Waals surface area contributed by atoms with Gasteiger partial charge in [0.15, 0.2) is 0 Å². The molecule has 1 N–H and O–H groups in total. The molecule has 1 aliphatic rings. The zero-order valence-corrected chi connectivity index (χ0v) is 19.1. The molecule has 1 amide bonds. The predicted octanol–water partition coefficient (Wildman–Crippen LogP) is 5.38. The van der Waals surface area contributed by atoms with Gasteiger partial charge < -0.3 is 14.8 Å². The molecule has 6 heteroatoms. The van der Waals surface area contributed by atoms with Gasteiger partial charge in [-0.05, 0) is 53.5 Å². The maximum absolute atomic E-state index is 12.7. The maximum Gasteiger partial charge on any atom is 0.262 e. The van der Waals surface area contributed by atoms with E-state index in [9.17, 15) is 10.1 Å². The largest absolute Gasteiger partial charge is 0.488 e. The topological polar surface area (TPSA) is 71.3 Å². The van der Waals surface area contributed by atoms with E-state index in [1.807, 2.05) is 66.7 Å². The first-order valence-electron chi connectivity index (χ1n) is 10.5. The van der Waals surface area contributed by atoms with Crippen molar-refractivity contribution in [1.29, 1.82) is 5.26 Å². The van der Waals surface area contributed by atoms with Crippen LogP contribution in [0.5, 0.6) is 5.75 Å². The van der Waals surface area contributed by atoms with Crippen LogP contribution in [0.3, 0.4) is 0 Å². The highest BCUT2D eigenvalue weighted by Crippen LogP contribution is 2.31. The summed E-state index contributed by atoms with van der Waals surface area (Å²) in [6.07, 6.45) is 3.55. The second-order valence-electron chi connectivity index (χ2n) is 7.63. The van der Waals surface area contributed by atoms with Gasteiger partial charge >= 0.3 is 0 Å². The number of hydrogen-bond acceptors (Lipinski definition) is 4. The van der Waals surface area contributed by atoms with Crippen LogP contribution in [0.15, 0.2) is 70.7 Å². The van der Waals surface area contributed by atoms with Crippen LogP contribution in [-0.2, 0) is 16.1 Å². The highest BCUT2D eigenvalue weighted by Gasteiger charge is 2.18. The number of fused-ring (bicyclic) bond motifs is 1. The van der Waals surface area contributed by atoms with Crippen molar-refractivity contribution in [2.24, 2.45) is 0 Å². The number of ether oxygens (including phenoxy) is 2. The molecule has 32 heavy (non-hydrogen) atoms. The van der Waals surface area contributed by atoms with E-state index in [4.69, 9.17) is 9.47 Å². The van der Waals surface area contributed by atoms with Gasteiger partial charge in [-0.2, -0.15) is 5.26 Å². The summed E-state index contributed by atoms with van der Waals surface area (Å²) in [4.78, 5) is 12.7. The van der Waals surface area contributed by atoms with Crippen molar-refractivity contribution in [3.05, 3.63) is 81.8 Å². The second-order valence-corrected chi connectivity index (χ2v) is 8.54. The lowest BCUT2D eigenvalue weighted by Gasteiger charge is -2.13. The molecule has 5 nitrogen and oxygen atoms in total. The van der Waals surface area contributed by atoms with Crippen LogP contribution in [0.25, 0.3) is 16.8 Å². The molecule has 162 valence electrons. The molecule has 0 bridgehead atoms. The second kappa shape index (κ2) is 10.4. The summed E-state index contributed by atoms with van der Waals surface area (Å²) >= 11 is 3.44. The number of carbonyl (C=O) groups is 1. The maximum atomic E-state index is 12.7. The minimum atomic E-state index is -0.408. The Kier molecular flexibility index (Phi) is 7.21. The average molecular weight is 491 g/mol. The van der Waals surface area contributed by atoms with Crippen LogP contribution >= 0.6 is 15.9 Å². The van der Waals surface area contributed by atoms with Crippen molar-refractivity contribution < 1.29 is 14.3 Å². The number of carbonyl (C=O) groups excluding carboxylic acids is 1. The molecule has 1 fully saturated rings. The van der Waals surface area contributed by atoms with Gasteiger partial charge in [0.05, 0.1) is 6.10 Å². The average Bonchev–Trinajstić information content (AvgIpc) is 3.35. The summed E-state index contributed by atoms with van der Waals surface area (Å²) < 4.78 is 12.7. The van der Waals surface area contributed by atoms with Gasteiger partial charge in [0.2, 0.25) is 0 Å². The van der Waals surface area contributed by atoms with Gasteiger partial charge in [-0.15, -0.1) is 0 Å². The third-order valence-corrected chi connectivity index (χ3v) is 5.93. The SMILES string of the molecule is N#C/C(=C\c1c(OCc2ccc(Br)cc2)ccc2ccccc12)C(=O)NC[C@@H]1CCCO1. The van der Waals surface area contributed by atoms with Gasteiger partial charge in [-0.3, -0.25) is 4.79 Å². The van der Waals surface area contributed by atoms with Crippen molar-refractivity contribution >= 4 is 38.7 Å². The molecule has 4 rings (SSSR count). The molecular formula is C26H23BrN2O3. The van der Waals surface area contributed by atoms with Gasteiger partial charge in [0.1, 0.15) is 24.0 Å². The molecule has 1 saturated heterocycles. The number of halogens is 1. The number of benzene rings is 3. The van der Waals surface area contributed by atoms with E-state index < -0.39 is 5.91 Å². The van der Waals surface area contributed by atoms with Crippen molar-refractivity contribution in [2.45, 2.75) is 25.6 Å². The van der Waals surface area contributed by atoms with E-state index in [1.54, 1.807) is 6.08 Å². The molecule has 3 aromatic carbocycles. The Labute approximate surface area is 195 Å². The Morgan fingerprint density at radius 3 is 2.75 bits per heavy atom. The number of hydrogen-bond donors (Lipinski definition) is 1. The zero-order valence-electron chi connectivity index (χ0n) is 17.5. The van der Waals surface area contributed by atoms with Crippen LogP contribution < -0.4 is 10.1 Å². The minimum absolute atomic E-state index is 0.0150. The third kappa shape index (κ3) is 5.37. The first-order chi connectivity index (χ1) is 15.6. The number of rotatable bonds is 7. The smallest absolute Gasteiger partial charge is 0.262 e. The van der Waals surface area contributed by atoms with Gasteiger partial charge in [0.25, 0.3) is 5.91 Å².